The number of amides is 3. The minimum Gasteiger partial charge on any atom is -0.449 e. The molecule has 0 radical (unpaired) electrons. The fourth-order valence-electron chi connectivity index (χ4n) is 1.23. The molecule has 1 aromatic rings. The molecular formula is C12H14ClN3O4. The molecule has 7 nitrogen and oxygen atoms in total. The summed E-state index contributed by atoms with van der Waals surface area (Å²) in [6.45, 7) is 1.51. The highest BCUT2D eigenvalue weighted by Gasteiger charge is 2.11. The van der Waals surface area contributed by atoms with Crippen LogP contribution in [-0.2, 0) is 9.53 Å². The maximum atomic E-state index is 11.7. The molecule has 3 N–H and O–H groups in total. The summed E-state index contributed by atoms with van der Waals surface area (Å²) in [5.41, 5.74) is 4.36. The first-order valence-electron chi connectivity index (χ1n) is 5.79. The van der Waals surface area contributed by atoms with Crippen molar-refractivity contribution in [1.82, 2.24) is 16.2 Å². The van der Waals surface area contributed by atoms with Crippen LogP contribution in [0.4, 0.5) is 4.79 Å². The van der Waals surface area contributed by atoms with Gasteiger partial charge < -0.3 is 10.1 Å². The Morgan fingerprint density at radius 1 is 1.20 bits per heavy atom. The first-order chi connectivity index (χ1) is 9.54. The molecule has 0 aromatic heterocycles. The zero-order valence-electron chi connectivity index (χ0n) is 10.7. The van der Waals surface area contributed by atoms with E-state index in [2.05, 4.69) is 15.5 Å². The van der Waals surface area contributed by atoms with E-state index in [0.717, 1.165) is 0 Å². The van der Waals surface area contributed by atoms with E-state index in [1.54, 1.807) is 25.1 Å². The van der Waals surface area contributed by atoms with Crippen LogP contribution >= 0.6 is 11.6 Å². The van der Waals surface area contributed by atoms with Crippen molar-refractivity contribution in [2.24, 2.45) is 0 Å². The Bertz CT molecular complexity index is 507. The lowest BCUT2D eigenvalue weighted by Gasteiger charge is -2.08. The highest BCUT2D eigenvalue weighted by atomic mass is 35.5. The number of ether oxygens (including phenoxy) is 1. The average molecular weight is 300 g/mol. The molecule has 0 aliphatic heterocycles. The van der Waals surface area contributed by atoms with Crippen molar-refractivity contribution in [3.8, 4) is 0 Å². The molecular weight excluding hydrogens is 286 g/mol. The molecule has 0 aliphatic rings. The molecule has 108 valence electrons. The fraction of sp³-hybridized carbons (Fsp3) is 0.250. The predicted molar refractivity (Wildman–Crippen MR) is 72.1 cm³/mol. The normalized spacial score (nSPS) is 9.50. The smallest absolute Gasteiger partial charge is 0.426 e. The van der Waals surface area contributed by atoms with Gasteiger partial charge in [0.05, 0.1) is 23.7 Å². The van der Waals surface area contributed by atoms with Crippen LogP contribution < -0.4 is 16.2 Å². The highest BCUT2D eigenvalue weighted by molar-refractivity contribution is 6.33. The highest BCUT2D eigenvalue weighted by Crippen LogP contribution is 2.14. The van der Waals surface area contributed by atoms with Gasteiger partial charge >= 0.3 is 6.09 Å². The lowest BCUT2D eigenvalue weighted by Crippen LogP contribution is -2.46. The largest absolute Gasteiger partial charge is 0.449 e. The van der Waals surface area contributed by atoms with E-state index in [1.165, 1.54) is 6.07 Å². The Morgan fingerprint density at radius 3 is 2.55 bits per heavy atom. The van der Waals surface area contributed by atoms with Gasteiger partial charge in [0.25, 0.3) is 11.8 Å². The van der Waals surface area contributed by atoms with E-state index in [0.29, 0.717) is 0 Å². The van der Waals surface area contributed by atoms with Gasteiger partial charge in [-0.05, 0) is 19.1 Å². The molecule has 0 saturated heterocycles. The summed E-state index contributed by atoms with van der Waals surface area (Å²) >= 11 is 5.84. The summed E-state index contributed by atoms with van der Waals surface area (Å²) in [5, 5.41) is 2.65. The van der Waals surface area contributed by atoms with Gasteiger partial charge in [0.15, 0.2) is 0 Å². The second-order valence-electron chi connectivity index (χ2n) is 3.56. The molecule has 20 heavy (non-hydrogen) atoms. The van der Waals surface area contributed by atoms with Gasteiger partial charge in [-0.1, -0.05) is 23.7 Å². The summed E-state index contributed by atoms with van der Waals surface area (Å²) in [6, 6.07) is 6.45. The molecule has 0 saturated carbocycles. The molecule has 0 heterocycles. The molecule has 0 spiro atoms. The summed E-state index contributed by atoms with van der Waals surface area (Å²) in [6.07, 6.45) is -0.779. The third-order valence-corrected chi connectivity index (χ3v) is 2.44. The number of hydrogen-bond acceptors (Lipinski definition) is 4. The van der Waals surface area contributed by atoms with Crippen LogP contribution in [0.2, 0.25) is 5.02 Å². The van der Waals surface area contributed by atoms with Crippen molar-refractivity contribution in [3.63, 3.8) is 0 Å². The van der Waals surface area contributed by atoms with E-state index < -0.39 is 17.9 Å². The van der Waals surface area contributed by atoms with Crippen LogP contribution in [0.15, 0.2) is 24.3 Å². The maximum Gasteiger partial charge on any atom is 0.426 e. The van der Waals surface area contributed by atoms with Gasteiger partial charge in [-0.3, -0.25) is 15.0 Å². The molecule has 3 amide bonds. The first kappa shape index (κ1) is 15.8. The Labute approximate surface area is 120 Å². The van der Waals surface area contributed by atoms with Gasteiger partial charge in [0, 0.05) is 0 Å². The minimum atomic E-state index is -0.779. The molecule has 1 aromatic carbocycles. The van der Waals surface area contributed by atoms with Crippen molar-refractivity contribution < 1.29 is 19.1 Å². The van der Waals surface area contributed by atoms with E-state index >= 15 is 0 Å². The van der Waals surface area contributed by atoms with Gasteiger partial charge in [-0.2, -0.15) is 0 Å². The van der Waals surface area contributed by atoms with Crippen molar-refractivity contribution in [1.29, 1.82) is 0 Å². The van der Waals surface area contributed by atoms with Gasteiger partial charge in [0.2, 0.25) is 0 Å². The van der Waals surface area contributed by atoms with Crippen molar-refractivity contribution >= 4 is 29.5 Å². The lowest BCUT2D eigenvalue weighted by molar-refractivity contribution is -0.121. The molecule has 0 bridgehead atoms. The number of rotatable bonds is 4. The zero-order chi connectivity index (χ0) is 15.0. The number of hydrogen-bond donors (Lipinski definition) is 3. The van der Waals surface area contributed by atoms with E-state index in [4.69, 9.17) is 11.6 Å². The topological polar surface area (TPSA) is 96.5 Å². The average Bonchev–Trinajstić information content (AvgIpc) is 2.43. The third kappa shape index (κ3) is 5.15. The molecule has 0 atom stereocenters. The molecule has 0 fully saturated rings. The van der Waals surface area contributed by atoms with Crippen molar-refractivity contribution in [2.45, 2.75) is 6.92 Å². The summed E-state index contributed by atoms with van der Waals surface area (Å²) < 4.78 is 4.53. The number of halogens is 1. The third-order valence-electron chi connectivity index (χ3n) is 2.11. The first-order valence-corrected chi connectivity index (χ1v) is 6.16. The van der Waals surface area contributed by atoms with Gasteiger partial charge in [-0.15, -0.1) is 0 Å². The Balaban J connectivity index is 2.36. The van der Waals surface area contributed by atoms with E-state index in [9.17, 15) is 14.4 Å². The monoisotopic (exact) mass is 299 g/mol. The second kappa shape index (κ2) is 8.00. The predicted octanol–water partition coefficient (Wildman–Crippen LogP) is 0.847. The number of nitrogens with one attached hydrogen (secondary N) is 3. The van der Waals surface area contributed by atoms with Gasteiger partial charge in [0.1, 0.15) is 0 Å². The van der Waals surface area contributed by atoms with E-state index in [1.807, 2.05) is 5.43 Å². The number of carbonyl (C=O) groups is 3. The van der Waals surface area contributed by atoms with Crippen LogP contribution in [0.3, 0.4) is 0 Å². The number of benzene rings is 1. The number of hydrazine groups is 1. The summed E-state index contributed by atoms with van der Waals surface area (Å²) in [7, 11) is 0. The van der Waals surface area contributed by atoms with Gasteiger partial charge in [-0.25, -0.2) is 10.2 Å². The van der Waals surface area contributed by atoms with Crippen LogP contribution in [0, 0.1) is 0 Å². The van der Waals surface area contributed by atoms with Crippen LogP contribution in [0.5, 0.6) is 0 Å². The Hall–Kier alpha value is -2.28. The molecule has 0 unspecified atom stereocenters. The van der Waals surface area contributed by atoms with Crippen molar-refractivity contribution in [2.75, 3.05) is 13.2 Å². The SMILES string of the molecule is CCOC(=O)NNC(=O)CNC(=O)c1ccccc1Cl. The van der Waals surface area contributed by atoms with Crippen LogP contribution in [0.25, 0.3) is 0 Å². The maximum absolute atomic E-state index is 11.7. The number of carbonyl (C=O) groups excluding carboxylic acids is 3. The Morgan fingerprint density at radius 2 is 1.90 bits per heavy atom. The Kier molecular flexibility index (Phi) is 6.31. The van der Waals surface area contributed by atoms with Crippen molar-refractivity contribution in [3.05, 3.63) is 34.9 Å². The fourth-order valence-corrected chi connectivity index (χ4v) is 1.45. The van der Waals surface area contributed by atoms with E-state index in [-0.39, 0.29) is 23.7 Å². The van der Waals surface area contributed by atoms with Crippen LogP contribution in [0.1, 0.15) is 17.3 Å². The second-order valence-corrected chi connectivity index (χ2v) is 3.96. The quantitative estimate of drug-likeness (QED) is 0.718. The lowest BCUT2D eigenvalue weighted by atomic mass is 10.2. The zero-order valence-corrected chi connectivity index (χ0v) is 11.5. The minimum absolute atomic E-state index is 0.185. The summed E-state index contributed by atoms with van der Waals surface area (Å²) in [5.74, 6) is -1.08. The summed E-state index contributed by atoms with van der Waals surface area (Å²) in [4.78, 5) is 34.0. The molecule has 8 heteroatoms. The van der Waals surface area contributed by atoms with Crippen LogP contribution in [-0.4, -0.2) is 31.1 Å². The molecule has 1 rings (SSSR count). The standard InChI is InChI=1S/C12H14ClN3O4/c1-2-20-12(19)16-15-10(17)7-14-11(18)8-5-3-4-6-9(8)13/h3-6H,2,7H2,1H3,(H,14,18)(H,15,17)(H,16,19). The molecule has 0 aliphatic carbocycles.